The molecule has 0 aliphatic heterocycles. The van der Waals surface area contributed by atoms with Crippen LogP contribution in [0.15, 0.2) is 33.7 Å². The van der Waals surface area contributed by atoms with Crippen molar-refractivity contribution in [2.45, 2.75) is 39.7 Å². The van der Waals surface area contributed by atoms with Crippen molar-refractivity contribution < 1.29 is 4.79 Å². The van der Waals surface area contributed by atoms with Gasteiger partial charge in [0.25, 0.3) is 0 Å². The average Bonchev–Trinajstić information content (AvgIpc) is 2.46. The summed E-state index contributed by atoms with van der Waals surface area (Å²) >= 11 is 4.89. The summed E-state index contributed by atoms with van der Waals surface area (Å²) in [6.07, 6.45) is 3.48. The molecule has 2 unspecified atom stereocenters. The number of hydrogen-bond acceptors (Lipinski definition) is 3. The van der Waals surface area contributed by atoms with Crippen molar-refractivity contribution in [2.75, 3.05) is 6.26 Å². The number of nitrogens with zero attached hydrogens (tertiary/aromatic N) is 1. The lowest BCUT2D eigenvalue weighted by Gasteiger charge is -2.13. The van der Waals surface area contributed by atoms with Crippen LogP contribution in [-0.2, 0) is 4.79 Å². The van der Waals surface area contributed by atoms with Crippen molar-refractivity contribution in [1.82, 2.24) is 5.32 Å². The summed E-state index contributed by atoms with van der Waals surface area (Å²) in [5, 5.41) is 3.59. The zero-order valence-corrected chi connectivity index (χ0v) is 15.4. The molecule has 0 aromatic heterocycles. The van der Waals surface area contributed by atoms with Crippen molar-refractivity contribution in [2.24, 2.45) is 10.9 Å². The van der Waals surface area contributed by atoms with E-state index in [0.29, 0.717) is 17.5 Å². The Balaban J connectivity index is 2.69. The number of aliphatic imine (C=N–C) groups is 1. The van der Waals surface area contributed by atoms with E-state index in [2.05, 4.69) is 40.1 Å². The molecule has 0 radical (unpaired) electrons. The van der Waals surface area contributed by atoms with Gasteiger partial charge in [0.1, 0.15) is 0 Å². The molecule has 3 nitrogen and oxygen atoms in total. The van der Waals surface area contributed by atoms with Crippen LogP contribution in [0.5, 0.6) is 0 Å². The predicted molar refractivity (Wildman–Crippen MR) is 95.7 cm³/mol. The van der Waals surface area contributed by atoms with E-state index in [9.17, 15) is 4.79 Å². The molecule has 0 heterocycles. The van der Waals surface area contributed by atoms with E-state index in [1.807, 2.05) is 37.4 Å². The molecule has 0 fully saturated rings. The lowest BCUT2D eigenvalue weighted by molar-refractivity contribution is -0.120. The molecule has 116 valence electrons. The summed E-state index contributed by atoms with van der Waals surface area (Å²) in [7, 11) is 0. The molecule has 0 aliphatic rings. The van der Waals surface area contributed by atoms with Crippen molar-refractivity contribution >= 4 is 38.8 Å². The molecule has 1 aromatic rings. The van der Waals surface area contributed by atoms with Crippen LogP contribution in [-0.4, -0.2) is 17.3 Å². The van der Waals surface area contributed by atoms with Gasteiger partial charge in [-0.15, -0.1) is 0 Å². The third-order valence-corrected chi connectivity index (χ3v) is 4.46. The Bertz CT molecular complexity index is 488. The SMILES string of the molecule is CCC(C)CC(=O)NC(=NC(C)c1ccc(Br)cc1)SC. The first kappa shape index (κ1) is 18.2. The van der Waals surface area contributed by atoms with Gasteiger partial charge >= 0.3 is 0 Å². The molecule has 0 aliphatic carbocycles. The van der Waals surface area contributed by atoms with Crippen LogP contribution in [0.1, 0.15) is 45.2 Å². The van der Waals surface area contributed by atoms with E-state index >= 15 is 0 Å². The molecule has 5 heteroatoms. The molecule has 1 aromatic carbocycles. The molecule has 21 heavy (non-hydrogen) atoms. The Kier molecular flexibility index (Phi) is 8.04. The monoisotopic (exact) mass is 370 g/mol. The van der Waals surface area contributed by atoms with Gasteiger partial charge in [-0.2, -0.15) is 0 Å². The van der Waals surface area contributed by atoms with Crippen LogP contribution in [0.3, 0.4) is 0 Å². The maximum atomic E-state index is 11.9. The number of carbonyl (C=O) groups excluding carboxylic acids is 1. The number of amides is 1. The molecule has 1 N–H and O–H groups in total. The predicted octanol–water partition coefficient (Wildman–Crippen LogP) is 4.78. The van der Waals surface area contributed by atoms with Gasteiger partial charge in [0, 0.05) is 10.9 Å². The van der Waals surface area contributed by atoms with Gasteiger partial charge < -0.3 is 5.32 Å². The number of benzene rings is 1. The van der Waals surface area contributed by atoms with Crippen LogP contribution >= 0.6 is 27.7 Å². The Morgan fingerprint density at radius 3 is 2.48 bits per heavy atom. The van der Waals surface area contributed by atoms with Crippen LogP contribution < -0.4 is 5.32 Å². The quantitative estimate of drug-likeness (QED) is 0.598. The number of nitrogens with one attached hydrogen (secondary N) is 1. The third kappa shape index (κ3) is 6.66. The van der Waals surface area contributed by atoms with E-state index in [4.69, 9.17) is 0 Å². The highest BCUT2D eigenvalue weighted by atomic mass is 79.9. The largest absolute Gasteiger partial charge is 0.305 e. The second kappa shape index (κ2) is 9.26. The Labute approximate surface area is 140 Å². The minimum atomic E-state index is 0.0180. The Morgan fingerprint density at radius 1 is 1.33 bits per heavy atom. The van der Waals surface area contributed by atoms with Crippen LogP contribution in [0.2, 0.25) is 0 Å². The van der Waals surface area contributed by atoms with Crippen molar-refractivity contribution in [1.29, 1.82) is 0 Å². The Hall–Kier alpha value is -0.810. The van der Waals surface area contributed by atoms with E-state index in [1.165, 1.54) is 11.8 Å². The van der Waals surface area contributed by atoms with Gasteiger partial charge in [-0.05, 0) is 36.8 Å². The minimum absolute atomic E-state index is 0.0180. The zero-order valence-electron chi connectivity index (χ0n) is 13.0. The van der Waals surface area contributed by atoms with E-state index in [0.717, 1.165) is 16.5 Å². The molecule has 1 amide bonds. The summed E-state index contributed by atoms with van der Waals surface area (Å²) in [5.74, 6) is 0.442. The van der Waals surface area contributed by atoms with Gasteiger partial charge in [0.2, 0.25) is 5.91 Å². The highest BCUT2D eigenvalue weighted by molar-refractivity contribution is 9.10. The molecule has 2 atom stereocenters. The fourth-order valence-corrected chi connectivity index (χ4v) is 2.50. The maximum Gasteiger partial charge on any atom is 0.226 e. The lowest BCUT2D eigenvalue weighted by atomic mass is 10.1. The number of halogens is 1. The number of amidine groups is 1. The van der Waals surface area contributed by atoms with Gasteiger partial charge in [-0.1, -0.05) is 60.1 Å². The average molecular weight is 371 g/mol. The molecule has 0 saturated carbocycles. The molecule has 0 saturated heterocycles. The smallest absolute Gasteiger partial charge is 0.226 e. The van der Waals surface area contributed by atoms with Crippen LogP contribution in [0.25, 0.3) is 0 Å². The van der Waals surface area contributed by atoms with Crippen molar-refractivity contribution in [3.63, 3.8) is 0 Å². The molecule has 0 bridgehead atoms. The summed E-state index contributed by atoms with van der Waals surface area (Å²) in [6, 6.07) is 8.10. The molecule has 1 rings (SSSR count). The molecule has 0 spiro atoms. The van der Waals surface area contributed by atoms with Gasteiger partial charge in [0.15, 0.2) is 5.17 Å². The fraction of sp³-hybridized carbons (Fsp3) is 0.500. The maximum absolute atomic E-state index is 11.9. The van der Waals surface area contributed by atoms with Crippen LogP contribution in [0, 0.1) is 5.92 Å². The third-order valence-electron chi connectivity index (χ3n) is 3.33. The standard InChI is InChI=1S/C16H23BrN2OS/c1-5-11(2)10-15(20)19-16(21-4)18-12(3)13-6-8-14(17)9-7-13/h6-9,11-12H,5,10H2,1-4H3,(H,18,19,20). The second-order valence-corrected chi connectivity index (χ2v) is 6.84. The molecular weight excluding hydrogens is 348 g/mol. The summed E-state index contributed by atoms with van der Waals surface area (Å²) in [5.41, 5.74) is 1.13. The van der Waals surface area contributed by atoms with Crippen LogP contribution in [0.4, 0.5) is 0 Å². The topological polar surface area (TPSA) is 41.5 Å². The van der Waals surface area contributed by atoms with E-state index < -0.39 is 0 Å². The first-order chi connectivity index (χ1) is 9.96. The summed E-state index contributed by atoms with van der Waals surface area (Å²) < 4.78 is 1.05. The van der Waals surface area contributed by atoms with Gasteiger partial charge in [0.05, 0.1) is 6.04 Å². The number of rotatable bonds is 5. The summed E-state index contributed by atoms with van der Waals surface area (Å²) in [6.45, 7) is 6.21. The number of thioether (sulfide) groups is 1. The second-order valence-electron chi connectivity index (χ2n) is 5.13. The number of carbonyl (C=O) groups is 1. The van der Waals surface area contributed by atoms with Crippen molar-refractivity contribution in [3.8, 4) is 0 Å². The van der Waals surface area contributed by atoms with E-state index in [1.54, 1.807) is 0 Å². The highest BCUT2D eigenvalue weighted by Gasteiger charge is 2.11. The summed E-state index contributed by atoms with van der Waals surface area (Å²) in [4.78, 5) is 16.5. The highest BCUT2D eigenvalue weighted by Crippen LogP contribution is 2.20. The normalized spacial score (nSPS) is 14.6. The molecular formula is C16H23BrN2OS. The van der Waals surface area contributed by atoms with Gasteiger partial charge in [-0.25, -0.2) is 0 Å². The lowest BCUT2D eigenvalue weighted by Crippen LogP contribution is -2.29. The minimum Gasteiger partial charge on any atom is -0.305 e. The Morgan fingerprint density at radius 2 is 1.95 bits per heavy atom. The first-order valence-corrected chi connectivity index (χ1v) is 9.15. The van der Waals surface area contributed by atoms with Crippen molar-refractivity contribution in [3.05, 3.63) is 34.3 Å². The first-order valence-electron chi connectivity index (χ1n) is 7.13. The zero-order chi connectivity index (χ0) is 15.8. The van der Waals surface area contributed by atoms with E-state index in [-0.39, 0.29) is 11.9 Å². The number of hydrogen-bond donors (Lipinski definition) is 1. The van der Waals surface area contributed by atoms with Gasteiger partial charge in [-0.3, -0.25) is 9.79 Å². The fourth-order valence-electron chi connectivity index (χ4n) is 1.76.